The van der Waals surface area contributed by atoms with Gasteiger partial charge in [-0.3, -0.25) is 9.59 Å². The first-order valence-electron chi connectivity index (χ1n) is 12.3. The lowest BCUT2D eigenvalue weighted by Gasteiger charge is -2.36. The number of aromatic hydroxyl groups is 2. The molecule has 206 valence electrons. The van der Waals surface area contributed by atoms with E-state index in [2.05, 4.69) is 0 Å². The van der Waals surface area contributed by atoms with Crippen molar-refractivity contribution in [3.63, 3.8) is 0 Å². The third-order valence-electron chi connectivity index (χ3n) is 7.16. The molecule has 0 amide bonds. The molecular weight excluding hydrogens is 542 g/mol. The Morgan fingerprint density at radius 2 is 1.57 bits per heavy atom. The molecule has 0 aliphatic carbocycles. The van der Waals surface area contributed by atoms with Crippen LogP contribution in [-0.4, -0.2) is 50.7 Å². The number of hydrogen-bond donors (Lipinski definition) is 4. The number of halogens is 1. The Labute approximate surface area is 232 Å². The monoisotopic (exact) mass is 565 g/mol. The summed E-state index contributed by atoms with van der Waals surface area (Å²) in [6, 6.07) is 10.1. The number of carboxylic acid groups (broad SMARTS) is 1. The zero-order valence-corrected chi connectivity index (χ0v) is 21.9. The molecule has 2 atom stereocenters. The molecule has 1 unspecified atom stereocenters. The SMILES string of the molecule is CC(Cc1cc(C(=O)O)cc2c1C(=O)OC21c2ccc(O)cc2Oc2cc(O)ccc21)C[C@H](N)C(=O)C(=O)CCl. The minimum Gasteiger partial charge on any atom is -0.508 e. The number of Topliss-reactive ketones (excluding diaryl/α,β-unsaturated/α-hetero) is 2. The van der Waals surface area contributed by atoms with Gasteiger partial charge in [-0.2, -0.15) is 0 Å². The van der Waals surface area contributed by atoms with Crippen LogP contribution in [-0.2, 0) is 26.3 Å². The van der Waals surface area contributed by atoms with Crippen LogP contribution in [0.2, 0.25) is 0 Å². The minimum atomic E-state index is -1.64. The third-order valence-corrected chi connectivity index (χ3v) is 7.41. The van der Waals surface area contributed by atoms with Crippen LogP contribution in [0.15, 0.2) is 48.5 Å². The van der Waals surface area contributed by atoms with E-state index in [-0.39, 0.29) is 58.4 Å². The molecule has 0 radical (unpaired) electrons. The molecule has 2 aliphatic rings. The molecule has 1 spiro atoms. The van der Waals surface area contributed by atoms with E-state index in [4.69, 9.17) is 26.8 Å². The quantitative estimate of drug-likeness (QED) is 0.179. The maximum absolute atomic E-state index is 13.6. The number of benzene rings is 3. The second kappa shape index (κ2) is 9.96. The van der Waals surface area contributed by atoms with Gasteiger partial charge in [0.05, 0.1) is 23.0 Å². The fraction of sp³-hybridized carbons (Fsp3) is 0.241. The highest BCUT2D eigenvalue weighted by molar-refractivity contribution is 6.48. The summed E-state index contributed by atoms with van der Waals surface area (Å²) in [4.78, 5) is 49.7. The summed E-state index contributed by atoms with van der Waals surface area (Å²) >= 11 is 5.47. The summed E-state index contributed by atoms with van der Waals surface area (Å²) in [5, 5.41) is 30.2. The lowest BCUT2D eigenvalue weighted by molar-refractivity contribution is -0.136. The van der Waals surface area contributed by atoms with E-state index in [0.29, 0.717) is 16.7 Å². The number of carbonyl (C=O) groups is 4. The van der Waals surface area contributed by atoms with Crippen molar-refractivity contribution < 1.29 is 44.0 Å². The van der Waals surface area contributed by atoms with E-state index in [9.17, 15) is 34.5 Å². The second-order valence-corrected chi connectivity index (χ2v) is 10.2. The van der Waals surface area contributed by atoms with Crippen molar-refractivity contribution in [1.82, 2.24) is 0 Å². The molecule has 11 heteroatoms. The van der Waals surface area contributed by atoms with Crippen LogP contribution < -0.4 is 10.5 Å². The highest BCUT2D eigenvalue weighted by Gasteiger charge is 2.54. The van der Waals surface area contributed by atoms with Gasteiger partial charge in [-0.15, -0.1) is 11.6 Å². The van der Waals surface area contributed by atoms with E-state index in [1.54, 1.807) is 6.92 Å². The van der Waals surface area contributed by atoms with Crippen molar-refractivity contribution in [3.05, 3.63) is 81.9 Å². The van der Waals surface area contributed by atoms with Crippen molar-refractivity contribution in [2.45, 2.75) is 31.4 Å². The summed E-state index contributed by atoms with van der Waals surface area (Å²) in [6.07, 6.45) is 0.234. The number of aromatic carboxylic acids is 1. The first-order chi connectivity index (χ1) is 19.0. The van der Waals surface area contributed by atoms with E-state index in [0.717, 1.165) is 0 Å². The molecule has 3 aromatic carbocycles. The molecule has 10 nitrogen and oxygen atoms in total. The van der Waals surface area contributed by atoms with Crippen LogP contribution in [0.25, 0.3) is 0 Å². The number of nitrogens with two attached hydrogens (primary N) is 1. The number of phenolic OH excluding ortho intramolecular Hbond substituents is 2. The van der Waals surface area contributed by atoms with Crippen molar-refractivity contribution in [2.24, 2.45) is 11.7 Å². The van der Waals surface area contributed by atoms with Gasteiger partial charge < -0.3 is 30.5 Å². The van der Waals surface area contributed by atoms with Gasteiger partial charge in [-0.25, -0.2) is 9.59 Å². The lowest BCUT2D eigenvalue weighted by atomic mass is 9.76. The smallest absolute Gasteiger partial charge is 0.340 e. The molecule has 0 aromatic heterocycles. The van der Waals surface area contributed by atoms with Crippen molar-refractivity contribution >= 4 is 35.1 Å². The van der Waals surface area contributed by atoms with E-state index in [1.165, 1.54) is 48.5 Å². The number of ketones is 2. The Hall–Kier alpha value is -4.41. The molecule has 2 aliphatic heterocycles. The molecule has 2 heterocycles. The van der Waals surface area contributed by atoms with Gasteiger partial charge in [0.25, 0.3) is 0 Å². The van der Waals surface area contributed by atoms with Gasteiger partial charge in [0.15, 0.2) is 5.60 Å². The van der Waals surface area contributed by atoms with Crippen LogP contribution in [0.4, 0.5) is 0 Å². The molecule has 0 saturated carbocycles. The first-order valence-corrected chi connectivity index (χ1v) is 12.9. The van der Waals surface area contributed by atoms with Gasteiger partial charge in [-0.05, 0) is 60.7 Å². The molecule has 0 bridgehead atoms. The fourth-order valence-electron chi connectivity index (χ4n) is 5.46. The third kappa shape index (κ3) is 4.35. The van der Waals surface area contributed by atoms with Crippen molar-refractivity contribution in [2.75, 3.05) is 5.88 Å². The van der Waals surface area contributed by atoms with E-state index < -0.39 is 41.0 Å². The molecule has 5 rings (SSSR count). The number of alkyl halides is 1. The average molecular weight is 566 g/mol. The maximum atomic E-state index is 13.6. The Bertz CT molecular complexity index is 1550. The lowest BCUT2D eigenvalue weighted by Crippen LogP contribution is -2.38. The number of ether oxygens (including phenoxy) is 2. The Kier molecular flexibility index (Phi) is 6.77. The molecule has 0 saturated heterocycles. The molecule has 3 aromatic rings. The Morgan fingerprint density at radius 3 is 2.12 bits per heavy atom. The number of fused-ring (bicyclic) bond motifs is 6. The van der Waals surface area contributed by atoms with Crippen LogP contribution >= 0.6 is 11.6 Å². The Balaban J connectivity index is 1.67. The van der Waals surface area contributed by atoms with Crippen molar-refractivity contribution in [3.8, 4) is 23.0 Å². The number of esters is 1. The maximum Gasteiger partial charge on any atom is 0.340 e. The summed E-state index contributed by atoms with van der Waals surface area (Å²) in [6.45, 7) is 1.76. The van der Waals surface area contributed by atoms with Gasteiger partial charge in [-0.1, -0.05) is 6.92 Å². The second-order valence-electron chi connectivity index (χ2n) is 9.97. The summed E-state index contributed by atoms with van der Waals surface area (Å²) < 4.78 is 12.0. The van der Waals surface area contributed by atoms with Gasteiger partial charge in [0, 0.05) is 28.8 Å². The number of phenols is 2. The molecule has 0 fully saturated rings. The summed E-state index contributed by atoms with van der Waals surface area (Å²) in [7, 11) is 0. The average Bonchev–Trinajstić information content (AvgIpc) is 3.19. The van der Waals surface area contributed by atoms with E-state index in [1.807, 2.05) is 0 Å². The molecule has 40 heavy (non-hydrogen) atoms. The van der Waals surface area contributed by atoms with Gasteiger partial charge in [0.2, 0.25) is 11.6 Å². The number of rotatable bonds is 8. The number of carbonyl (C=O) groups excluding carboxylic acids is 3. The number of hydrogen-bond acceptors (Lipinski definition) is 9. The van der Waals surface area contributed by atoms with E-state index >= 15 is 0 Å². The highest BCUT2D eigenvalue weighted by Crippen LogP contribution is 2.57. The predicted molar refractivity (Wildman–Crippen MR) is 141 cm³/mol. The van der Waals surface area contributed by atoms with Crippen LogP contribution in [0.1, 0.15) is 56.3 Å². The first kappa shape index (κ1) is 27.2. The zero-order chi connectivity index (χ0) is 28.9. The standard InChI is InChI=1S/C29H24ClNO9/c1-13(7-21(31)26(35)22(34)12-30)6-14-8-15(27(36)37)9-20-25(14)28(38)40-29(20)18-4-2-16(32)10-23(18)39-24-11-17(33)3-5-19(24)29/h2-5,8-11,13,21,32-33H,6-7,12,31H2,1H3,(H,36,37)/t13?,21-/m0/s1. The largest absolute Gasteiger partial charge is 0.508 e. The van der Waals surface area contributed by atoms with Gasteiger partial charge in [0.1, 0.15) is 23.0 Å². The summed E-state index contributed by atoms with van der Waals surface area (Å²) in [5.41, 5.74) is 5.65. The minimum absolute atomic E-state index is 0.0891. The fourth-order valence-corrected chi connectivity index (χ4v) is 5.59. The van der Waals surface area contributed by atoms with Gasteiger partial charge >= 0.3 is 11.9 Å². The van der Waals surface area contributed by atoms with Crippen molar-refractivity contribution in [1.29, 1.82) is 0 Å². The topological polar surface area (TPSA) is 173 Å². The van der Waals surface area contributed by atoms with Crippen LogP contribution in [0, 0.1) is 5.92 Å². The van der Waals surface area contributed by atoms with Crippen LogP contribution in [0.5, 0.6) is 23.0 Å². The number of carboxylic acids is 1. The summed E-state index contributed by atoms with van der Waals surface area (Å²) in [5.74, 6) is -4.30. The highest BCUT2D eigenvalue weighted by atomic mass is 35.5. The normalized spacial score (nSPS) is 15.7. The molecule has 5 N–H and O–H groups in total. The Morgan fingerprint density at radius 1 is 0.975 bits per heavy atom. The van der Waals surface area contributed by atoms with Crippen LogP contribution in [0.3, 0.4) is 0 Å². The predicted octanol–water partition coefficient (Wildman–Crippen LogP) is 3.64. The molecular formula is C29H24ClNO9. The zero-order valence-electron chi connectivity index (χ0n) is 21.1.